The van der Waals surface area contributed by atoms with Crippen LogP contribution in [0, 0.1) is 6.92 Å². The highest BCUT2D eigenvalue weighted by Crippen LogP contribution is 2.27. The van der Waals surface area contributed by atoms with Crippen molar-refractivity contribution in [3.63, 3.8) is 0 Å². The Morgan fingerprint density at radius 2 is 1.86 bits per heavy atom. The monoisotopic (exact) mass is 430 g/mol. The number of anilines is 2. The lowest BCUT2D eigenvalue weighted by molar-refractivity contribution is 0.103. The Balaban J connectivity index is 1.84. The van der Waals surface area contributed by atoms with Gasteiger partial charge in [0.2, 0.25) is 0 Å². The summed E-state index contributed by atoms with van der Waals surface area (Å²) in [5.74, 6) is -0.0788. The van der Waals surface area contributed by atoms with Crippen molar-refractivity contribution < 1.29 is 4.79 Å². The van der Waals surface area contributed by atoms with Crippen molar-refractivity contribution in [2.45, 2.75) is 26.2 Å². The van der Waals surface area contributed by atoms with Crippen molar-refractivity contribution in [3.05, 3.63) is 81.4 Å². The summed E-state index contributed by atoms with van der Waals surface area (Å²) in [5.41, 5.74) is 3.46. The topological polar surface area (TPSA) is 41.1 Å². The van der Waals surface area contributed by atoms with Crippen molar-refractivity contribution in [2.75, 3.05) is 10.6 Å². The number of Topliss-reactive ketones (excluding diaryl/α,β-unsaturated/α-hetero) is 1. The van der Waals surface area contributed by atoms with Crippen LogP contribution in [0.1, 0.15) is 35.2 Å². The summed E-state index contributed by atoms with van der Waals surface area (Å²) in [5, 5.41) is 7.77. The number of rotatable bonds is 4. The second kappa shape index (κ2) is 9.37. The number of hydrogen-bond acceptors (Lipinski definition) is 2. The van der Waals surface area contributed by atoms with E-state index < -0.39 is 0 Å². The first kappa shape index (κ1) is 20.6. The SMILES string of the molecule is Cc1c(Cl)cccc1NC(=S)Nc1ccc(Cl)cc1C(=O)C1=CCCCC=C1. The quantitative estimate of drug-likeness (QED) is 0.406. The molecule has 28 heavy (non-hydrogen) atoms. The van der Waals surface area contributed by atoms with Gasteiger partial charge in [-0.2, -0.15) is 0 Å². The first-order chi connectivity index (χ1) is 13.5. The predicted octanol–water partition coefficient (Wildman–Crippen LogP) is 6.96. The summed E-state index contributed by atoms with van der Waals surface area (Å²) in [6, 6.07) is 10.7. The van der Waals surface area contributed by atoms with Crippen molar-refractivity contribution in [2.24, 2.45) is 0 Å². The predicted molar refractivity (Wildman–Crippen MR) is 123 cm³/mol. The molecule has 6 heteroatoms. The van der Waals surface area contributed by atoms with Crippen molar-refractivity contribution in [1.82, 2.24) is 0 Å². The van der Waals surface area contributed by atoms with Crippen LogP contribution in [0.25, 0.3) is 0 Å². The number of ketones is 1. The molecule has 3 nitrogen and oxygen atoms in total. The van der Waals surface area contributed by atoms with Crippen LogP contribution in [0.3, 0.4) is 0 Å². The lowest BCUT2D eigenvalue weighted by atomic mass is 10.0. The molecule has 2 aromatic carbocycles. The first-order valence-electron chi connectivity index (χ1n) is 9.00. The number of thiocarbonyl (C=S) groups is 1. The van der Waals surface area contributed by atoms with E-state index in [1.54, 1.807) is 18.2 Å². The van der Waals surface area contributed by atoms with Gasteiger partial charge in [-0.25, -0.2) is 0 Å². The zero-order valence-corrected chi connectivity index (χ0v) is 17.7. The van der Waals surface area contributed by atoms with Crippen LogP contribution >= 0.6 is 35.4 Å². The summed E-state index contributed by atoms with van der Waals surface area (Å²) in [6.45, 7) is 1.91. The van der Waals surface area contributed by atoms with Gasteiger partial charge < -0.3 is 10.6 Å². The fourth-order valence-electron chi connectivity index (χ4n) is 2.93. The van der Waals surface area contributed by atoms with E-state index in [0.29, 0.717) is 32.0 Å². The number of nitrogens with one attached hydrogen (secondary N) is 2. The highest BCUT2D eigenvalue weighted by atomic mass is 35.5. The molecule has 0 aliphatic heterocycles. The lowest BCUT2D eigenvalue weighted by Gasteiger charge is -2.16. The van der Waals surface area contributed by atoms with Gasteiger partial charge in [0.25, 0.3) is 0 Å². The third-order valence-electron chi connectivity index (χ3n) is 4.49. The molecule has 0 atom stereocenters. The molecule has 0 radical (unpaired) electrons. The molecule has 3 rings (SSSR count). The van der Waals surface area contributed by atoms with Crippen LogP contribution in [0.5, 0.6) is 0 Å². The van der Waals surface area contributed by atoms with Crippen LogP contribution in [0.4, 0.5) is 11.4 Å². The van der Waals surface area contributed by atoms with Crippen LogP contribution in [-0.2, 0) is 0 Å². The Labute approximate surface area is 180 Å². The number of carbonyl (C=O) groups is 1. The third-order valence-corrected chi connectivity index (χ3v) is 5.34. The van der Waals surface area contributed by atoms with Crippen LogP contribution in [0.15, 0.2) is 60.2 Å². The minimum Gasteiger partial charge on any atom is -0.332 e. The van der Waals surface area contributed by atoms with E-state index in [0.717, 1.165) is 30.5 Å². The van der Waals surface area contributed by atoms with Gasteiger partial charge in [-0.05, 0) is 74.3 Å². The maximum atomic E-state index is 13.1. The minimum atomic E-state index is -0.0788. The molecular formula is C22H20Cl2N2OS. The second-order valence-electron chi connectivity index (χ2n) is 6.50. The molecule has 0 bridgehead atoms. The third kappa shape index (κ3) is 5.02. The molecule has 0 spiro atoms. The average molecular weight is 431 g/mol. The van der Waals surface area contributed by atoms with Crippen LogP contribution < -0.4 is 10.6 Å². The first-order valence-corrected chi connectivity index (χ1v) is 10.2. The fraction of sp³-hybridized carbons (Fsp3) is 0.182. The molecule has 2 N–H and O–H groups in total. The lowest BCUT2D eigenvalue weighted by Crippen LogP contribution is -2.21. The normalized spacial score (nSPS) is 13.5. The molecule has 0 unspecified atom stereocenters. The summed E-state index contributed by atoms with van der Waals surface area (Å²) < 4.78 is 0. The van der Waals surface area contributed by atoms with Gasteiger partial charge in [0.1, 0.15) is 0 Å². The summed E-state index contributed by atoms with van der Waals surface area (Å²) in [6.07, 6.45) is 8.78. The van der Waals surface area contributed by atoms with E-state index >= 15 is 0 Å². The minimum absolute atomic E-state index is 0.0788. The van der Waals surface area contributed by atoms with Crippen molar-refractivity contribution in [3.8, 4) is 0 Å². The van der Waals surface area contributed by atoms with Crippen LogP contribution in [0.2, 0.25) is 10.0 Å². The molecule has 0 saturated heterocycles. The van der Waals surface area contributed by atoms with E-state index in [4.69, 9.17) is 35.4 Å². The number of hydrogen-bond donors (Lipinski definition) is 2. The summed E-state index contributed by atoms with van der Waals surface area (Å²) >= 11 is 17.8. The maximum Gasteiger partial charge on any atom is 0.194 e. The van der Waals surface area contributed by atoms with E-state index in [1.165, 1.54) is 0 Å². The summed E-state index contributed by atoms with van der Waals surface area (Å²) in [7, 11) is 0. The number of carbonyl (C=O) groups excluding carboxylic acids is 1. The van der Waals surface area contributed by atoms with Crippen molar-refractivity contribution >= 4 is 57.7 Å². The van der Waals surface area contributed by atoms with Gasteiger partial charge in [-0.1, -0.05) is 47.5 Å². The second-order valence-corrected chi connectivity index (χ2v) is 7.76. The van der Waals surface area contributed by atoms with Gasteiger partial charge in [0.05, 0.1) is 5.69 Å². The largest absolute Gasteiger partial charge is 0.332 e. The van der Waals surface area contributed by atoms with Gasteiger partial charge in [0, 0.05) is 26.9 Å². The van der Waals surface area contributed by atoms with Gasteiger partial charge in [-0.15, -0.1) is 0 Å². The molecule has 0 fully saturated rings. The summed E-state index contributed by atoms with van der Waals surface area (Å²) in [4.78, 5) is 13.1. The van der Waals surface area contributed by atoms with Crippen LogP contribution in [-0.4, -0.2) is 10.9 Å². The number of benzene rings is 2. The maximum absolute atomic E-state index is 13.1. The number of halogens is 2. The smallest absolute Gasteiger partial charge is 0.194 e. The van der Waals surface area contributed by atoms with Gasteiger partial charge in [-0.3, -0.25) is 4.79 Å². The van der Waals surface area contributed by atoms with E-state index in [2.05, 4.69) is 10.6 Å². The molecule has 2 aromatic rings. The molecule has 0 saturated carbocycles. The highest BCUT2D eigenvalue weighted by molar-refractivity contribution is 7.80. The van der Waals surface area contributed by atoms with E-state index in [-0.39, 0.29) is 5.78 Å². The Morgan fingerprint density at radius 3 is 2.68 bits per heavy atom. The molecule has 0 heterocycles. The zero-order chi connectivity index (χ0) is 20.1. The molecular weight excluding hydrogens is 411 g/mol. The van der Waals surface area contributed by atoms with Crippen molar-refractivity contribution in [1.29, 1.82) is 0 Å². The van der Waals surface area contributed by atoms with Gasteiger partial charge >= 0.3 is 0 Å². The Kier molecular flexibility index (Phi) is 6.89. The Bertz CT molecular complexity index is 982. The average Bonchev–Trinajstić information content (AvgIpc) is 2.96. The number of allylic oxidation sites excluding steroid dienone is 4. The van der Waals surface area contributed by atoms with E-state index in [1.807, 2.05) is 43.4 Å². The zero-order valence-electron chi connectivity index (χ0n) is 15.4. The molecule has 0 aromatic heterocycles. The standard InChI is InChI=1S/C22H20Cl2N2OS/c1-14-18(24)9-6-10-19(14)25-22(28)26-20-12-11-16(23)13-17(20)21(27)15-7-4-2-3-5-8-15/h4,6-13H,2-3,5H2,1H3,(H2,25,26,28). The highest BCUT2D eigenvalue weighted by Gasteiger charge is 2.17. The van der Waals surface area contributed by atoms with Gasteiger partial charge in [0.15, 0.2) is 10.9 Å². The molecule has 1 aliphatic carbocycles. The fourth-order valence-corrected chi connectivity index (χ4v) is 3.49. The molecule has 144 valence electrons. The molecule has 1 aliphatic rings. The molecule has 0 amide bonds. The Morgan fingerprint density at radius 1 is 1.07 bits per heavy atom. The Hall–Kier alpha value is -2.14. The van der Waals surface area contributed by atoms with E-state index in [9.17, 15) is 4.79 Å².